The number of carbonyl (C=O) groups is 1. The van der Waals surface area contributed by atoms with Gasteiger partial charge in [-0.1, -0.05) is 38.1 Å². The maximum atomic E-state index is 11.8. The van der Waals surface area contributed by atoms with Gasteiger partial charge in [-0.05, 0) is 51.2 Å². The van der Waals surface area contributed by atoms with Gasteiger partial charge in [0, 0.05) is 16.7 Å². The number of rotatable bonds is 4. The Morgan fingerprint density at radius 3 is 2.48 bits per heavy atom. The summed E-state index contributed by atoms with van der Waals surface area (Å²) in [6.45, 7) is 4.31. The quantitative estimate of drug-likeness (QED) is 0.822. The molecule has 0 bridgehead atoms. The lowest BCUT2D eigenvalue weighted by molar-refractivity contribution is -0.111. The Balaban J connectivity index is 1.96. The maximum absolute atomic E-state index is 11.8. The number of hydrogen-bond donors (Lipinski definition) is 1. The Morgan fingerprint density at radius 1 is 1.19 bits per heavy atom. The van der Waals surface area contributed by atoms with Gasteiger partial charge in [0.2, 0.25) is 5.91 Å². The summed E-state index contributed by atoms with van der Waals surface area (Å²) in [7, 11) is 0. The zero-order chi connectivity index (χ0) is 15.2. The van der Waals surface area contributed by atoms with Gasteiger partial charge in [0.25, 0.3) is 0 Å². The molecule has 0 aliphatic rings. The first-order valence-corrected chi connectivity index (χ1v) is 7.54. The summed E-state index contributed by atoms with van der Waals surface area (Å²) < 4.78 is 0.876. The van der Waals surface area contributed by atoms with E-state index in [0.29, 0.717) is 11.7 Å². The summed E-state index contributed by atoms with van der Waals surface area (Å²) in [5.74, 6) is 0.843. The van der Waals surface area contributed by atoms with Gasteiger partial charge in [-0.2, -0.15) is 0 Å². The van der Waals surface area contributed by atoms with Crippen molar-refractivity contribution >= 4 is 33.7 Å². The van der Waals surface area contributed by atoms with Crippen LogP contribution in [0.3, 0.4) is 0 Å². The summed E-state index contributed by atoms with van der Waals surface area (Å²) in [5, 5.41) is 2.71. The van der Waals surface area contributed by atoms with Crippen molar-refractivity contribution in [2.24, 2.45) is 0 Å². The van der Waals surface area contributed by atoms with Crippen molar-refractivity contribution in [1.29, 1.82) is 0 Å². The van der Waals surface area contributed by atoms with E-state index < -0.39 is 0 Å². The van der Waals surface area contributed by atoms with Gasteiger partial charge in [-0.25, -0.2) is 4.98 Å². The average molecular weight is 345 g/mol. The molecule has 4 heteroatoms. The van der Waals surface area contributed by atoms with Gasteiger partial charge in [0.1, 0.15) is 5.82 Å². The second-order valence-electron chi connectivity index (χ2n) is 5.01. The van der Waals surface area contributed by atoms with E-state index in [1.807, 2.05) is 18.2 Å². The number of pyridine rings is 1. The first-order valence-electron chi connectivity index (χ1n) is 6.75. The fraction of sp³-hybridized carbons (Fsp3) is 0.176. The van der Waals surface area contributed by atoms with E-state index in [9.17, 15) is 4.79 Å². The molecule has 0 saturated heterocycles. The van der Waals surface area contributed by atoms with Crippen molar-refractivity contribution in [3.8, 4) is 0 Å². The molecule has 0 saturated carbocycles. The molecule has 0 aliphatic heterocycles. The van der Waals surface area contributed by atoms with Gasteiger partial charge in [-0.15, -0.1) is 0 Å². The highest BCUT2D eigenvalue weighted by Crippen LogP contribution is 2.15. The SMILES string of the molecule is CC(C)c1ccc(C=CC(=O)Nc2ccc(Br)cn2)cc1. The van der Waals surface area contributed by atoms with E-state index in [1.54, 1.807) is 18.3 Å². The number of carbonyl (C=O) groups excluding carboxylic acids is 1. The lowest BCUT2D eigenvalue weighted by Gasteiger charge is -2.04. The number of anilines is 1. The summed E-state index contributed by atoms with van der Waals surface area (Å²) in [6.07, 6.45) is 4.94. The van der Waals surface area contributed by atoms with Crippen LogP contribution in [0.2, 0.25) is 0 Å². The normalized spacial score (nSPS) is 11.0. The van der Waals surface area contributed by atoms with Crippen LogP contribution in [0.1, 0.15) is 30.9 Å². The van der Waals surface area contributed by atoms with Gasteiger partial charge in [0.05, 0.1) is 0 Å². The van der Waals surface area contributed by atoms with Crippen LogP contribution < -0.4 is 5.32 Å². The number of benzene rings is 1. The zero-order valence-electron chi connectivity index (χ0n) is 12.0. The minimum absolute atomic E-state index is 0.197. The molecule has 1 aromatic heterocycles. The van der Waals surface area contributed by atoms with E-state index in [4.69, 9.17) is 0 Å². The number of nitrogens with one attached hydrogen (secondary N) is 1. The molecule has 2 aromatic rings. The standard InChI is InChI=1S/C17H17BrN2O/c1-12(2)14-6-3-13(4-7-14)5-10-17(21)20-16-9-8-15(18)11-19-16/h3-12H,1-2H3,(H,19,20,21). The second kappa shape index (κ2) is 7.18. The molecule has 0 atom stereocenters. The highest BCUT2D eigenvalue weighted by molar-refractivity contribution is 9.10. The highest BCUT2D eigenvalue weighted by atomic mass is 79.9. The van der Waals surface area contributed by atoms with Crippen LogP contribution in [0, 0.1) is 0 Å². The fourth-order valence-electron chi connectivity index (χ4n) is 1.78. The predicted molar refractivity (Wildman–Crippen MR) is 90.1 cm³/mol. The molecule has 1 heterocycles. The molecular formula is C17H17BrN2O. The lowest BCUT2D eigenvalue weighted by Crippen LogP contribution is -2.08. The molecule has 0 aliphatic carbocycles. The minimum Gasteiger partial charge on any atom is -0.307 e. The molecule has 3 nitrogen and oxygen atoms in total. The highest BCUT2D eigenvalue weighted by Gasteiger charge is 2.00. The summed E-state index contributed by atoms with van der Waals surface area (Å²) in [6, 6.07) is 11.8. The summed E-state index contributed by atoms with van der Waals surface area (Å²) in [4.78, 5) is 15.9. The number of hydrogen-bond acceptors (Lipinski definition) is 2. The van der Waals surface area contributed by atoms with Crippen LogP contribution in [-0.4, -0.2) is 10.9 Å². The van der Waals surface area contributed by atoms with E-state index in [-0.39, 0.29) is 5.91 Å². The number of nitrogens with zero attached hydrogens (tertiary/aromatic N) is 1. The minimum atomic E-state index is -0.197. The average Bonchev–Trinajstić information content (AvgIpc) is 2.48. The Bertz CT molecular complexity index is 631. The number of amides is 1. The van der Waals surface area contributed by atoms with Crippen LogP contribution in [0.15, 0.2) is 53.1 Å². The van der Waals surface area contributed by atoms with Crippen molar-refractivity contribution in [3.63, 3.8) is 0 Å². The first kappa shape index (κ1) is 15.4. The Morgan fingerprint density at radius 2 is 1.90 bits per heavy atom. The largest absolute Gasteiger partial charge is 0.307 e. The predicted octanol–water partition coefficient (Wildman–Crippen LogP) is 4.62. The molecule has 2 rings (SSSR count). The molecule has 108 valence electrons. The van der Waals surface area contributed by atoms with E-state index in [2.05, 4.69) is 52.2 Å². The Hall–Kier alpha value is -1.94. The van der Waals surface area contributed by atoms with E-state index in [1.165, 1.54) is 11.6 Å². The molecule has 1 amide bonds. The molecule has 0 spiro atoms. The third-order valence-corrected chi connectivity index (χ3v) is 3.48. The molecular weight excluding hydrogens is 328 g/mol. The fourth-order valence-corrected chi connectivity index (χ4v) is 2.02. The molecule has 0 unspecified atom stereocenters. The van der Waals surface area contributed by atoms with Crippen molar-refractivity contribution in [3.05, 3.63) is 64.3 Å². The van der Waals surface area contributed by atoms with Crippen molar-refractivity contribution in [2.45, 2.75) is 19.8 Å². The molecule has 1 N–H and O–H groups in total. The third kappa shape index (κ3) is 4.83. The molecule has 21 heavy (non-hydrogen) atoms. The van der Waals surface area contributed by atoms with Crippen molar-refractivity contribution in [1.82, 2.24) is 4.98 Å². The van der Waals surface area contributed by atoms with Crippen LogP contribution in [0.25, 0.3) is 6.08 Å². The topological polar surface area (TPSA) is 42.0 Å². The van der Waals surface area contributed by atoms with Gasteiger partial charge < -0.3 is 5.32 Å². The monoisotopic (exact) mass is 344 g/mol. The molecule has 1 aromatic carbocycles. The zero-order valence-corrected chi connectivity index (χ0v) is 13.6. The van der Waals surface area contributed by atoms with Crippen LogP contribution >= 0.6 is 15.9 Å². The van der Waals surface area contributed by atoms with Crippen LogP contribution in [0.4, 0.5) is 5.82 Å². The van der Waals surface area contributed by atoms with Crippen LogP contribution in [-0.2, 0) is 4.79 Å². The lowest BCUT2D eigenvalue weighted by atomic mass is 10.0. The molecule has 0 fully saturated rings. The maximum Gasteiger partial charge on any atom is 0.249 e. The third-order valence-electron chi connectivity index (χ3n) is 3.01. The van der Waals surface area contributed by atoms with Gasteiger partial charge in [-0.3, -0.25) is 4.79 Å². The Kier molecular flexibility index (Phi) is 5.28. The van der Waals surface area contributed by atoms with Crippen LogP contribution in [0.5, 0.6) is 0 Å². The smallest absolute Gasteiger partial charge is 0.249 e. The summed E-state index contributed by atoms with van der Waals surface area (Å²) in [5.41, 5.74) is 2.29. The van der Waals surface area contributed by atoms with E-state index >= 15 is 0 Å². The van der Waals surface area contributed by atoms with E-state index in [0.717, 1.165) is 10.0 Å². The second-order valence-corrected chi connectivity index (χ2v) is 5.92. The van der Waals surface area contributed by atoms with Crippen molar-refractivity contribution < 1.29 is 4.79 Å². The first-order chi connectivity index (χ1) is 10.0. The number of aromatic nitrogens is 1. The number of halogens is 1. The van der Waals surface area contributed by atoms with Gasteiger partial charge >= 0.3 is 0 Å². The summed E-state index contributed by atoms with van der Waals surface area (Å²) >= 11 is 3.30. The Labute approximate surface area is 133 Å². The van der Waals surface area contributed by atoms with Gasteiger partial charge in [0.15, 0.2) is 0 Å². The van der Waals surface area contributed by atoms with Crippen molar-refractivity contribution in [2.75, 3.05) is 5.32 Å². The molecule has 0 radical (unpaired) electrons.